The Morgan fingerprint density at radius 2 is 1.67 bits per heavy atom. The third-order valence-corrected chi connectivity index (χ3v) is 3.86. The zero-order valence-corrected chi connectivity index (χ0v) is 11.9. The molecular formula is C14H15N3O3S. The summed E-state index contributed by atoms with van der Waals surface area (Å²) < 4.78 is 22.9. The van der Waals surface area contributed by atoms with Crippen LogP contribution < -0.4 is 16.2 Å². The average molecular weight is 305 g/mol. The van der Waals surface area contributed by atoms with Gasteiger partial charge < -0.3 is 11.1 Å². The first-order valence-electron chi connectivity index (χ1n) is 6.14. The fourth-order valence-electron chi connectivity index (χ4n) is 1.80. The predicted molar refractivity (Wildman–Crippen MR) is 80.1 cm³/mol. The van der Waals surface area contributed by atoms with Crippen molar-refractivity contribution in [1.82, 2.24) is 0 Å². The Morgan fingerprint density at radius 1 is 1.05 bits per heavy atom. The largest absolute Gasteiger partial charge is 0.326 e. The van der Waals surface area contributed by atoms with E-state index in [1.54, 1.807) is 30.3 Å². The first-order chi connectivity index (χ1) is 9.91. The van der Waals surface area contributed by atoms with Crippen LogP contribution in [0, 0.1) is 0 Å². The summed E-state index contributed by atoms with van der Waals surface area (Å²) in [4.78, 5) is 12.0. The molecule has 0 aliphatic carbocycles. The van der Waals surface area contributed by atoms with Crippen LogP contribution in [0.25, 0.3) is 0 Å². The molecule has 0 radical (unpaired) electrons. The fourth-order valence-corrected chi connectivity index (χ4v) is 2.50. The normalized spacial score (nSPS) is 11.1. The van der Waals surface area contributed by atoms with Gasteiger partial charge in [0, 0.05) is 12.1 Å². The molecule has 0 aliphatic heterocycles. The lowest BCUT2D eigenvalue weighted by Crippen LogP contribution is -2.18. The zero-order chi connectivity index (χ0) is 15.5. The quantitative estimate of drug-likeness (QED) is 0.782. The number of primary sulfonamides is 1. The van der Waals surface area contributed by atoms with Gasteiger partial charge in [0.05, 0.1) is 5.69 Å². The number of para-hydroxylation sites is 1. The fraction of sp³-hybridized carbons (Fsp3) is 0.0714. The molecule has 0 saturated heterocycles. The van der Waals surface area contributed by atoms with E-state index in [9.17, 15) is 13.2 Å². The van der Waals surface area contributed by atoms with E-state index in [2.05, 4.69) is 5.32 Å². The van der Waals surface area contributed by atoms with Gasteiger partial charge in [-0.15, -0.1) is 0 Å². The van der Waals surface area contributed by atoms with E-state index < -0.39 is 15.9 Å². The van der Waals surface area contributed by atoms with Gasteiger partial charge in [-0.2, -0.15) is 0 Å². The molecule has 6 nitrogen and oxygen atoms in total. The van der Waals surface area contributed by atoms with Crippen molar-refractivity contribution in [2.75, 3.05) is 5.32 Å². The molecule has 21 heavy (non-hydrogen) atoms. The summed E-state index contributed by atoms with van der Waals surface area (Å²) in [6, 6.07) is 12.7. The van der Waals surface area contributed by atoms with Crippen molar-refractivity contribution >= 4 is 21.6 Å². The van der Waals surface area contributed by atoms with Crippen LogP contribution in [0.1, 0.15) is 15.9 Å². The Morgan fingerprint density at radius 3 is 2.24 bits per heavy atom. The molecule has 5 N–H and O–H groups in total. The van der Waals surface area contributed by atoms with Crippen molar-refractivity contribution in [2.24, 2.45) is 10.9 Å². The van der Waals surface area contributed by atoms with Crippen molar-refractivity contribution in [3.63, 3.8) is 0 Å². The molecule has 110 valence electrons. The van der Waals surface area contributed by atoms with Gasteiger partial charge in [-0.05, 0) is 29.8 Å². The van der Waals surface area contributed by atoms with Crippen LogP contribution in [-0.2, 0) is 16.6 Å². The highest BCUT2D eigenvalue weighted by atomic mass is 32.2. The number of hydrogen-bond acceptors (Lipinski definition) is 4. The van der Waals surface area contributed by atoms with Crippen LogP contribution in [0.4, 0.5) is 5.69 Å². The van der Waals surface area contributed by atoms with Crippen LogP contribution in [0.3, 0.4) is 0 Å². The van der Waals surface area contributed by atoms with Crippen molar-refractivity contribution in [3.05, 3.63) is 59.7 Å². The standard InChI is InChI=1S/C14H15N3O3S/c15-9-10-5-7-11(8-6-10)14(18)17-12-3-1-2-4-13(12)21(16,19)20/h1-8H,9,15H2,(H,17,18)(H2,16,19,20). The molecule has 0 heterocycles. The van der Waals surface area contributed by atoms with Gasteiger partial charge in [0.15, 0.2) is 0 Å². The number of anilines is 1. The number of amides is 1. The second kappa shape index (κ2) is 6.04. The maximum atomic E-state index is 12.1. The van der Waals surface area contributed by atoms with E-state index in [4.69, 9.17) is 10.9 Å². The van der Waals surface area contributed by atoms with Crippen LogP contribution in [0.2, 0.25) is 0 Å². The lowest BCUT2D eigenvalue weighted by atomic mass is 10.1. The number of hydrogen-bond donors (Lipinski definition) is 3. The first kappa shape index (κ1) is 15.2. The summed E-state index contributed by atoms with van der Waals surface area (Å²) in [6.45, 7) is 0.385. The molecule has 0 fully saturated rings. The lowest BCUT2D eigenvalue weighted by Gasteiger charge is -2.09. The van der Waals surface area contributed by atoms with E-state index in [1.807, 2.05) is 0 Å². The topological polar surface area (TPSA) is 115 Å². The molecule has 0 unspecified atom stereocenters. The summed E-state index contributed by atoms with van der Waals surface area (Å²) in [5.74, 6) is -0.422. The third-order valence-electron chi connectivity index (χ3n) is 2.89. The molecule has 2 aromatic carbocycles. The van der Waals surface area contributed by atoms with Gasteiger partial charge in [0.1, 0.15) is 4.90 Å². The Labute approximate surface area is 122 Å². The molecule has 0 bridgehead atoms. The SMILES string of the molecule is NCc1ccc(C(=O)Nc2ccccc2S(N)(=O)=O)cc1. The third kappa shape index (κ3) is 3.66. The number of rotatable bonds is 4. The highest BCUT2D eigenvalue weighted by molar-refractivity contribution is 7.89. The van der Waals surface area contributed by atoms with Crippen molar-refractivity contribution in [3.8, 4) is 0 Å². The Balaban J connectivity index is 2.27. The van der Waals surface area contributed by atoms with E-state index in [0.29, 0.717) is 12.1 Å². The summed E-state index contributed by atoms with van der Waals surface area (Å²) >= 11 is 0. The van der Waals surface area contributed by atoms with Crippen molar-refractivity contribution in [1.29, 1.82) is 0 Å². The average Bonchev–Trinajstić information content (AvgIpc) is 2.47. The van der Waals surface area contributed by atoms with Gasteiger partial charge in [0.25, 0.3) is 5.91 Å². The number of carbonyl (C=O) groups is 1. The molecule has 0 atom stereocenters. The minimum atomic E-state index is -3.90. The van der Waals surface area contributed by atoms with Crippen LogP contribution in [0.5, 0.6) is 0 Å². The smallest absolute Gasteiger partial charge is 0.255 e. The van der Waals surface area contributed by atoms with E-state index in [1.165, 1.54) is 18.2 Å². The zero-order valence-electron chi connectivity index (χ0n) is 11.1. The monoisotopic (exact) mass is 305 g/mol. The summed E-state index contributed by atoms with van der Waals surface area (Å²) in [5, 5.41) is 7.66. The van der Waals surface area contributed by atoms with Gasteiger partial charge >= 0.3 is 0 Å². The van der Waals surface area contributed by atoms with E-state index in [0.717, 1.165) is 5.56 Å². The first-order valence-corrected chi connectivity index (χ1v) is 7.68. The molecule has 2 aromatic rings. The second-order valence-corrected chi connectivity index (χ2v) is 5.93. The van der Waals surface area contributed by atoms with Crippen LogP contribution in [0.15, 0.2) is 53.4 Å². The summed E-state index contributed by atoms with van der Waals surface area (Å²) in [5.41, 5.74) is 6.93. The highest BCUT2D eigenvalue weighted by Gasteiger charge is 2.15. The van der Waals surface area contributed by atoms with Crippen LogP contribution in [-0.4, -0.2) is 14.3 Å². The number of nitrogens with one attached hydrogen (secondary N) is 1. The maximum Gasteiger partial charge on any atom is 0.255 e. The second-order valence-electron chi connectivity index (χ2n) is 4.40. The van der Waals surface area contributed by atoms with E-state index >= 15 is 0 Å². The number of nitrogens with two attached hydrogens (primary N) is 2. The van der Waals surface area contributed by atoms with Gasteiger partial charge in [0.2, 0.25) is 10.0 Å². The Bertz CT molecular complexity index is 755. The predicted octanol–water partition coefficient (Wildman–Crippen LogP) is 1.05. The molecule has 0 spiro atoms. The molecule has 0 saturated carbocycles. The summed E-state index contributed by atoms with van der Waals surface area (Å²) in [7, 11) is -3.90. The van der Waals surface area contributed by atoms with Gasteiger partial charge in [-0.25, -0.2) is 13.6 Å². The van der Waals surface area contributed by atoms with Gasteiger partial charge in [-0.3, -0.25) is 4.79 Å². The minimum absolute atomic E-state index is 0.128. The van der Waals surface area contributed by atoms with Crippen molar-refractivity contribution in [2.45, 2.75) is 11.4 Å². The highest BCUT2D eigenvalue weighted by Crippen LogP contribution is 2.20. The molecule has 0 aromatic heterocycles. The summed E-state index contributed by atoms with van der Waals surface area (Å²) in [6.07, 6.45) is 0. The van der Waals surface area contributed by atoms with Gasteiger partial charge in [-0.1, -0.05) is 24.3 Å². The van der Waals surface area contributed by atoms with Crippen LogP contribution >= 0.6 is 0 Å². The molecule has 7 heteroatoms. The molecule has 0 aliphatic rings. The van der Waals surface area contributed by atoms with Crippen molar-refractivity contribution < 1.29 is 13.2 Å². The number of carbonyl (C=O) groups excluding carboxylic acids is 1. The molecular weight excluding hydrogens is 290 g/mol. The molecule has 1 amide bonds. The Kier molecular flexibility index (Phi) is 4.37. The Hall–Kier alpha value is -2.22. The molecule has 2 rings (SSSR count). The number of sulfonamides is 1. The lowest BCUT2D eigenvalue weighted by molar-refractivity contribution is 0.102. The minimum Gasteiger partial charge on any atom is -0.326 e. The number of benzene rings is 2. The maximum absolute atomic E-state index is 12.1. The van der Waals surface area contributed by atoms with E-state index in [-0.39, 0.29) is 10.6 Å².